The molecule has 1 aromatic rings. The van der Waals surface area contributed by atoms with Crippen LogP contribution in [-0.4, -0.2) is 52.5 Å². The van der Waals surface area contributed by atoms with Crippen molar-refractivity contribution in [1.82, 2.24) is 10.6 Å². The van der Waals surface area contributed by atoms with E-state index in [2.05, 4.69) is 40.1 Å². The Morgan fingerprint density at radius 1 is 1.23 bits per heavy atom. The number of nitrogens with zero attached hydrogens (tertiary/aromatic N) is 1. The van der Waals surface area contributed by atoms with Crippen LogP contribution in [0.15, 0.2) is 22.5 Å². The fourth-order valence-corrected chi connectivity index (χ4v) is 2.56. The predicted molar refractivity (Wildman–Crippen MR) is 93.9 cm³/mol. The van der Waals surface area contributed by atoms with E-state index in [1.807, 2.05) is 0 Å². The summed E-state index contributed by atoms with van der Waals surface area (Å²) in [5.41, 5.74) is 0. The first-order valence-electron chi connectivity index (χ1n) is 7.98. The van der Waals surface area contributed by atoms with Crippen LogP contribution in [0.5, 0.6) is 0 Å². The van der Waals surface area contributed by atoms with Gasteiger partial charge in [0.15, 0.2) is 5.96 Å². The molecule has 0 saturated heterocycles. The van der Waals surface area contributed by atoms with Crippen molar-refractivity contribution in [3.63, 3.8) is 0 Å². The Hall–Kier alpha value is -1.11. The van der Waals surface area contributed by atoms with Crippen LogP contribution in [0, 0.1) is 0 Å². The molecule has 0 radical (unpaired) electrons. The number of thiophene rings is 1. The molecule has 22 heavy (non-hydrogen) atoms. The highest BCUT2D eigenvalue weighted by molar-refractivity contribution is 7.09. The van der Waals surface area contributed by atoms with E-state index >= 15 is 0 Å². The van der Waals surface area contributed by atoms with Crippen molar-refractivity contribution in [3.8, 4) is 0 Å². The van der Waals surface area contributed by atoms with Crippen LogP contribution < -0.4 is 10.6 Å². The summed E-state index contributed by atoms with van der Waals surface area (Å²) in [5, 5.41) is 8.77. The fraction of sp³-hybridized carbons (Fsp3) is 0.688. The molecule has 0 spiro atoms. The summed E-state index contributed by atoms with van der Waals surface area (Å²) in [6.45, 7) is 6.81. The minimum atomic E-state index is 0.664. The molecule has 2 N–H and O–H groups in total. The van der Waals surface area contributed by atoms with Gasteiger partial charge in [-0.05, 0) is 37.6 Å². The Morgan fingerprint density at radius 3 is 2.86 bits per heavy atom. The molecule has 0 aliphatic heterocycles. The van der Waals surface area contributed by atoms with E-state index in [0.717, 1.165) is 51.5 Å². The zero-order valence-corrected chi connectivity index (χ0v) is 14.6. The first-order chi connectivity index (χ1) is 10.9. The summed E-state index contributed by atoms with van der Waals surface area (Å²) >= 11 is 1.80. The van der Waals surface area contributed by atoms with Crippen LogP contribution in [0.2, 0.25) is 0 Å². The number of rotatable bonds is 12. The summed E-state index contributed by atoms with van der Waals surface area (Å²) < 4.78 is 10.4. The predicted octanol–water partition coefficient (Wildman–Crippen LogP) is 2.29. The van der Waals surface area contributed by atoms with Gasteiger partial charge in [0.05, 0.1) is 13.2 Å². The maximum absolute atomic E-state index is 5.43. The number of guanidine groups is 1. The van der Waals surface area contributed by atoms with Crippen LogP contribution >= 0.6 is 11.3 Å². The lowest BCUT2D eigenvalue weighted by Gasteiger charge is -2.10. The molecule has 1 aromatic heterocycles. The van der Waals surface area contributed by atoms with E-state index in [1.54, 1.807) is 18.4 Å². The highest BCUT2D eigenvalue weighted by Crippen LogP contribution is 2.07. The normalized spacial score (nSPS) is 11.6. The molecule has 0 unspecified atom stereocenters. The van der Waals surface area contributed by atoms with Crippen LogP contribution in [-0.2, 0) is 15.9 Å². The molecule has 1 rings (SSSR count). The molecule has 0 aromatic carbocycles. The second-order valence-electron chi connectivity index (χ2n) is 4.83. The van der Waals surface area contributed by atoms with E-state index in [0.29, 0.717) is 13.2 Å². The second-order valence-corrected chi connectivity index (χ2v) is 5.86. The molecular weight excluding hydrogens is 298 g/mol. The molecular formula is C16H29N3O2S. The molecule has 0 fully saturated rings. The largest absolute Gasteiger partial charge is 0.382 e. The van der Waals surface area contributed by atoms with Crippen molar-refractivity contribution in [1.29, 1.82) is 0 Å². The van der Waals surface area contributed by atoms with Gasteiger partial charge < -0.3 is 20.1 Å². The Balaban J connectivity index is 2.10. The van der Waals surface area contributed by atoms with Gasteiger partial charge in [0.25, 0.3) is 0 Å². The van der Waals surface area contributed by atoms with E-state index in [1.165, 1.54) is 4.88 Å². The Kier molecular flexibility index (Phi) is 11.7. The highest BCUT2D eigenvalue weighted by Gasteiger charge is 1.98. The zero-order chi connectivity index (χ0) is 15.9. The fourth-order valence-electron chi connectivity index (χ4n) is 1.85. The van der Waals surface area contributed by atoms with Crippen molar-refractivity contribution >= 4 is 17.3 Å². The van der Waals surface area contributed by atoms with E-state index in [-0.39, 0.29) is 0 Å². The molecule has 126 valence electrons. The lowest BCUT2D eigenvalue weighted by Crippen LogP contribution is -2.38. The van der Waals surface area contributed by atoms with E-state index in [4.69, 9.17) is 9.47 Å². The van der Waals surface area contributed by atoms with Crippen LogP contribution in [0.3, 0.4) is 0 Å². The Labute approximate surface area is 138 Å². The van der Waals surface area contributed by atoms with Gasteiger partial charge in [-0.3, -0.25) is 4.99 Å². The highest BCUT2D eigenvalue weighted by atomic mass is 32.1. The standard InChI is InChI=1S/C16H29N3O2S/c1-3-17-16(19-10-8-15-7-6-14-22-15)18-9-4-5-11-21-13-12-20-2/h6-7,14H,3-5,8-13H2,1-2H3,(H2,17,18,19). The third-order valence-electron chi connectivity index (χ3n) is 2.99. The molecule has 0 amide bonds. The van der Waals surface area contributed by atoms with E-state index in [9.17, 15) is 0 Å². The summed E-state index contributed by atoms with van der Waals surface area (Å²) in [4.78, 5) is 5.98. The second kappa shape index (κ2) is 13.5. The minimum Gasteiger partial charge on any atom is -0.382 e. The summed E-state index contributed by atoms with van der Waals surface area (Å²) in [6.07, 6.45) is 3.10. The van der Waals surface area contributed by atoms with Gasteiger partial charge >= 0.3 is 0 Å². The van der Waals surface area contributed by atoms with Gasteiger partial charge in [0.1, 0.15) is 0 Å². The minimum absolute atomic E-state index is 0.664. The molecule has 0 aliphatic rings. The van der Waals surface area contributed by atoms with Gasteiger partial charge in [-0.2, -0.15) is 0 Å². The van der Waals surface area contributed by atoms with Gasteiger partial charge in [0.2, 0.25) is 0 Å². The van der Waals surface area contributed by atoms with Crippen molar-refractivity contribution in [2.24, 2.45) is 4.99 Å². The van der Waals surface area contributed by atoms with E-state index < -0.39 is 0 Å². The number of nitrogens with one attached hydrogen (secondary N) is 2. The average molecular weight is 327 g/mol. The molecule has 1 heterocycles. The Bertz CT molecular complexity index is 383. The van der Waals surface area contributed by atoms with Gasteiger partial charge in [-0.15, -0.1) is 11.3 Å². The molecule has 0 bridgehead atoms. The first-order valence-corrected chi connectivity index (χ1v) is 8.86. The number of methoxy groups -OCH3 is 1. The Morgan fingerprint density at radius 2 is 2.14 bits per heavy atom. The number of unbranched alkanes of at least 4 members (excludes halogenated alkanes) is 1. The SMILES string of the molecule is CCNC(=NCCCCOCCOC)NCCc1cccs1. The summed E-state index contributed by atoms with van der Waals surface area (Å²) in [6, 6.07) is 4.26. The van der Waals surface area contributed by atoms with Crippen LogP contribution in [0.1, 0.15) is 24.6 Å². The molecule has 5 nitrogen and oxygen atoms in total. The first kappa shape index (κ1) is 18.9. The number of hydrogen-bond donors (Lipinski definition) is 2. The van der Waals surface area contributed by atoms with Gasteiger partial charge in [0, 0.05) is 38.2 Å². The maximum atomic E-state index is 5.43. The zero-order valence-electron chi connectivity index (χ0n) is 13.8. The molecule has 0 saturated carbocycles. The van der Waals surface area contributed by atoms with Crippen LogP contribution in [0.4, 0.5) is 0 Å². The smallest absolute Gasteiger partial charge is 0.191 e. The monoisotopic (exact) mass is 327 g/mol. The number of aliphatic imine (C=N–C) groups is 1. The quantitative estimate of drug-likeness (QED) is 0.351. The average Bonchev–Trinajstić information content (AvgIpc) is 3.03. The summed E-state index contributed by atoms with van der Waals surface area (Å²) in [7, 11) is 1.69. The summed E-state index contributed by atoms with van der Waals surface area (Å²) in [5.74, 6) is 0.902. The van der Waals surface area contributed by atoms with Crippen molar-refractivity contribution in [2.75, 3.05) is 46.6 Å². The van der Waals surface area contributed by atoms with Crippen molar-refractivity contribution < 1.29 is 9.47 Å². The third-order valence-corrected chi connectivity index (χ3v) is 3.92. The van der Waals surface area contributed by atoms with Gasteiger partial charge in [-0.25, -0.2) is 0 Å². The molecule has 6 heteroatoms. The molecule has 0 aliphatic carbocycles. The third kappa shape index (κ3) is 9.76. The van der Waals surface area contributed by atoms with Crippen LogP contribution in [0.25, 0.3) is 0 Å². The topological polar surface area (TPSA) is 54.9 Å². The maximum Gasteiger partial charge on any atom is 0.191 e. The number of ether oxygens (including phenoxy) is 2. The van der Waals surface area contributed by atoms with Gasteiger partial charge in [-0.1, -0.05) is 6.07 Å². The lowest BCUT2D eigenvalue weighted by atomic mass is 10.3. The van der Waals surface area contributed by atoms with Crippen molar-refractivity contribution in [2.45, 2.75) is 26.2 Å². The molecule has 0 atom stereocenters. The lowest BCUT2D eigenvalue weighted by molar-refractivity contribution is 0.0690. The number of hydrogen-bond acceptors (Lipinski definition) is 4. The van der Waals surface area contributed by atoms with Crippen molar-refractivity contribution in [3.05, 3.63) is 22.4 Å².